The summed E-state index contributed by atoms with van der Waals surface area (Å²) in [5.74, 6) is -0.317. The molecule has 2 rings (SSSR count). The summed E-state index contributed by atoms with van der Waals surface area (Å²) in [6, 6.07) is 12.4. The predicted octanol–water partition coefficient (Wildman–Crippen LogP) is 5.87. The Labute approximate surface area is 166 Å². The third-order valence-electron chi connectivity index (χ3n) is 3.29. The molecule has 2 aromatic carbocycles. The van der Waals surface area contributed by atoms with Crippen LogP contribution >= 0.6 is 39.7 Å². The van der Waals surface area contributed by atoms with Gasteiger partial charge in [-0.25, -0.2) is 4.79 Å². The van der Waals surface area contributed by atoms with E-state index in [2.05, 4.69) is 26.6 Å². The van der Waals surface area contributed by atoms with Crippen LogP contribution in [0.2, 0.25) is 5.02 Å². The molecular formula is C18H18BrClN2O2S. The number of ether oxygens (including phenoxy) is 1. The second-order valence-electron chi connectivity index (χ2n) is 5.27. The molecule has 7 heteroatoms. The van der Waals surface area contributed by atoms with Crippen LogP contribution in [-0.2, 0) is 4.74 Å². The van der Waals surface area contributed by atoms with Gasteiger partial charge in [-0.15, -0.1) is 0 Å². The first-order chi connectivity index (χ1) is 12.0. The molecule has 0 aliphatic carbocycles. The van der Waals surface area contributed by atoms with E-state index in [-0.39, 0.29) is 5.97 Å². The second-order valence-corrected chi connectivity index (χ2v) is 7.00. The summed E-state index contributed by atoms with van der Waals surface area (Å²) in [5, 5.41) is 7.05. The number of anilines is 2. The highest BCUT2D eigenvalue weighted by Gasteiger charge is 2.08. The molecule has 0 spiro atoms. The number of nitrogens with one attached hydrogen (secondary N) is 2. The van der Waals surface area contributed by atoms with E-state index in [1.807, 2.05) is 19.1 Å². The van der Waals surface area contributed by atoms with E-state index in [0.29, 0.717) is 28.0 Å². The van der Waals surface area contributed by atoms with Gasteiger partial charge in [0.05, 0.1) is 22.9 Å². The maximum absolute atomic E-state index is 11.9. The van der Waals surface area contributed by atoms with Crippen LogP contribution in [0.15, 0.2) is 46.9 Å². The van der Waals surface area contributed by atoms with Gasteiger partial charge in [-0.2, -0.15) is 0 Å². The molecule has 0 aliphatic rings. The zero-order valence-corrected chi connectivity index (χ0v) is 16.8. The first-order valence-corrected chi connectivity index (χ1v) is 9.37. The second kappa shape index (κ2) is 9.75. The SMILES string of the molecule is CCCCOC(=O)c1ccc(NC(=S)Nc2ccc(Br)cc2Cl)cc1. The predicted molar refractivity (Wildman–Crippen MR) is 111 cm³/mol. The van der Waals surface area contributed by atoms with Gasteiger partial charge in [-0.3, -0.25) is 0 Å². The van der Waals surface area contributed by atoms with Crippen LogP contribution in [0, 0.1) is 0 Å². The maximum atomic E-state index is 11.9. The Kier molecular flexibility index (Phi) is 7.68. The molecule has 0 heterocycles. The lowest BCUT2D eigenvalue weighted by molar-refractivity contribution is 0.0500. The van der Waals surface area contributed by atoms with Gasteiger partial charge in [0.2, 0.25) is 0 Å². The van der Waals surface area contributed by atoms with Crippen LogP contribution in [0.4, 0.5) is 11.4 Å². The van der Waals surface area contributed by atoms with E-state index < -0.39 is 0 Å². The smallest absolute Gasteiger partial charge is 0.338 e. The number of thiocarbonyl (C=S) groups is 1. The van der Waals surface area contributed by atoms with Crippen molar-refractivity contribution < 1.29 is 9.53 Å². The average molecular weight is 442 g/mol. The largest absolute Gasteiger partial charge is 0.462 e. The van der Waals surface area contributed by atoms with Gasteiger partial charge in [0.15, 0.2) is 5.11 Å². The molecule has 25 heavy (non-hydrogen) atoms. The fraction of sp³-hybridized carbons (Fsp3) is 0.222. The molecule has 0 radical (unpaired) electrons. The van der Waals surface area contributed by atoms with E-state index >= 15 is 0 Å². The number of carbonyl (C=O) groups is 1. The number of benzene rings is 2. The number of esters is 1. The Morgan fingerprint density at radius 3 is 2.56 bits per heavy atom. The van der Waals surface area contributed by atoms with Gasteiger partial charge in [0, 0.05) is 10.2 Å². The molecule has 0 fully saturated rings. The Morgan fingerprint density at radius 2 is 1.92 bits per heavy atom. The van der Waals surface area contributed by atoms with Crippen molar-refractivity contribution >= 4 is 62.2 Å². The highest BCUT2D eigenvalue weighted by molar-refractivity contribution is 9.10. The third kappa shape index (κ3) is 6.30. The normalized spacial score (nSPS) is 10.2. The molecule has 0 atom stereocenters. The van der Waals surface area contributed by atoms with Crippen molar-refractivity contribution in [2.45, 2.75) is 19.8 Å². The van der Waals surface area contributed by atoms with Gasteiger partial charge in [-0.05, 0) is 61.1 Å². The molecule has 0 bridgehead atoms. The number of rotatable bonds is 6. The minimum atomic E-state index is -0.317. The Bertz CT molecular complexity index is 753. The van der Waals surface area contributed by atoms with Crippen LogP contribution in [0.1, 0.15) is 30.1 Å². The molecule has 0 unspecified atom stereocenters. The van der Waals surface area contributed by atoms with Crippen molar-refractivity contribution in [3.05, 3.63) is 57.5 Å². The minimum absolute atomic E-state index is 0.317. The highest BCUT2D eigenvalue weighted by Crippen LogP contribution is 2.25. The summed E-state index contributed by atoms with van der Waals surface area (Å²) in [5.41, 5.74) is 1.98. The molecular weight excluding hydrogens is 424 g/mol. The van der Waals surface area contributed by atoms with Crippen molar-refractivity contribution in [2.75, 3.05) is 17.2 Å². The van der Waals surface area contributed by atoms with E-state index in [4.69, 9.17) is 28.6 Å². The van der Waals surface area contributed by atoms with E-state index in [1.165, 1.54) is 0 Å². The fourth-order valence-electron chi connectivity index (χ4n) is 1.96. The summed E-state index contributed by atoms with van der Waals surface area (Å²) < 4.78 is 6.07. The van der Waals surface area contributed by atoms with Crippen molar-refractivity contribution in [1.82, 2.24) is 0 Å². The lowest BCUT2D eigenvalue weighted by atomic mass is 10.2. The monoisotopic (exact) mass is 440 g/mol. The minimum Gasteiger partial charge on any atom is -0.462 e. The molecule has 0 aliphatic heterocycles. The number of carbonyl (C=O) groups excluding carboxylic acids is 1. The molecule has 0 aromatic heterocycles. The number of unbranched alkanes of at least 4 members (excludes halogenated alkanes) is 1. The Balaban J connectivity index is 1.91. The highest BCUT2D eigenvalue weighted by atomic mass is 79.9. The summed E-state index contributed by atoms with van der Waals surface area (Å²) in [6.45, 7) is 2.49. The summed E-state index contributed by atoms with van der Waals surface area (Å²) in [6.07, 6.45) is 1.85. The van der Waals surface area contributed by atoms with E-state index in [1.54, 1.807) is 30.3 Å². The molecule has 0 amide bonds. The zero-order valence-electron chi connectivity index (χ0n) is 13.6. The van der Waals surface area contributed by atoms with Crippen molar-refractivity contribution in [3.8, 4) is 0 Å². The molecule has 0 saturated carbocycles. The first-order valence-electron chi connectivity index (χ1n) is 7.80. The number of hydrogen-bond acceptors (Lipinski definition) is 3. The molecule has 0 saturated heterocycles. The average Bonchev–Trinajstić information content (AvgIpc) is 2.58. The number of hydrogen-bond donors (Lipinski definition) is 2. The van der Waals surface area contributed by atoms with Crippen LogP contribution in [0.3, 0.4) is 0 Å². The van der Waals surface area contributed by atoms with Crippen LogP contribution in [0.25, 0.3) is 0 Å². The van der Waals surface area contributed by atoms with Crippen LogP contribution in [-0.4, -0.2) is 17.7 Å². The van der Waals surface area contributed by atoms with Gasteiger partial charge < -0.3 is 15.4 Å². The summed E-state index contributed by atoms with van der Waals surface area (Å²) >= 11 is 14.8. The van der Waals surface area contributed by atoms with Gasteiger partial charge in [0.1, 0.15) is 0 Å². The van der Waals surface area contributed by atoms with Crippen LogP contribution in [0.5, 0.6) is 0 Å². The first kappa shape index (κ1) is 19.7. The topological polar surface area (TPSA) is 50.4 Å². The fourth-order valence-corrected chi connectivity index (χ4v) is 2.91. The number of halogens is 2. The lowest BCUT2D eigenvalue weighted by Crippen LogP contribution is -2.19. The van der Waals surface area contributed by atoms with Crippen LogP contribution < -0.4 is 10.6 Å². The van der Waals surface area contributed by atoms with Crippen molar-refractivity contribution in [2.24, 2.45) is 0 Å². The third-order valence-corrected chi connectivity index (χ3v) is 4.30. The molecule has 2 N–H and O–H groups in total. The van der Waals surface area contributed by atoms with Gasteiger partial charge in [-0.1, -0.05) is 40.9 Å². The van der Waals surface area contributed by atoms with E-state index in [0.717, 1.165) is 23.0 Å². The molecule has 132 valence electrons. The standard InChI is InChI=1S/C18H18BrClN2O2S/c1-2-3-10-24-17(23)12-4-7-14(8-5-12)21-18(25)22-16-9-6-13(19)11-15(16)20/h4-9,11H,2-3,10H2,1H3,(H2,21,22,25). The summed E-state index contributed by atoms with van der Waals surface area (Å²) in [4.78, 5) is 11.9. The van der Waals surface area contributed by atoms with Crippen molar-refractivity contribution in [3.63, 3.8) is 0 Å². The molecule has 2 aromatic rings. The van der Waals surface area contributed by atoms with E-state index in [9.17, 15) is 4.79 Å². The lowest BCUT2D eigenvalue weighted by Gasteiger charge is -2.12. The Hall–Kier alpha value is -1.63. The zero-order chi connectivity index (χ0) is 18.2. The Morgan fingerprint density at radius 1 is 1.20 bits per heavy atom. The van der Waals surface area contributed by atoms with Crippen molar-refractivity contribution in [1.29, 1.82) is 0 Å². The van der Waals surface area contributed by atoms with Gasteiger partial charge >= 0.3 is 5.97 Å². The maximum Gasteiger partial charge on any atom is 0.338 e. The quantitative estimate of drug-likeness (QED) is 0.333. The molecule has 4 nitrogen and oxygen atoms in total. The van der Waals surface area contributed by atoms with Gasteiger partial charge in [0.25, 0.3) is 0 Å². The summed E-state index contributed by atoms with van der Waals surface area (Å²) in [7, 11) is 0.